The third-order valence-corrected chi connectivity index (χ3v) is 6.81. The number of carbonyl (C=O) groups is 3. The van der Waals surface area contributed by atoms with Gasteiger partial charge in [0, 0.05) is 0 Å². The van der Waals surface area contributed by atoms with Crippen molar-refractivity contribution in [2.24, 2.45) is 0 Å². The normalized spacial score (nSPS) is 12.8. The highest BCUT2D eigenvalue weighted by molar-refractivity contribution is 5.90. The molecule has 3 N–H and O–H groups in total. The van der Waals surface area contributed by atoms with Crippen LogP contribution in [0.25, 0.3) is 0 Å². The van der Waals surface area contributed by atoms with Crippen molar-refractivity contribution >= 4 is 17.9 Å². The Kier molecular flexibility index (Phi) is 12.3. The summed E-state index contributed by atoms with van der Waals surface area (Å²) in [4.78, 5) is 76.9. The number of hydrogen-bond donors (Lipinski definition) is 3. The molecule has 0 fully saturated rings. The molecule has 0 saturated heterocycles. The number of aromatic nitrogens is 3. The lowest BCUT2D eigenvalue weighted by Gasteiger charge is -2.19. The van der Waals surface area contributed by atoms with E-state index in [1.165, 1.54) is 36.4 Å². The number of hydrogen-bond acceptors (Lipinski definition) is 12. The first kappa shape index (κ1) is 35.2. The minimum atomic E-state index is -1.60. The van der Waals surface area contributed by atoms with Crippen LogP contribution in [0.5, 0.6) is 0 Å². The Hall–Kier alpha value is -5.64. The number of ether oxygens (including phenoxy) is 3. The molecule has 0 radical (unpaired) electrons. The van der Waals surface area contributed by atoms with Gasteiger partial charge >= 0.3 is 35.0 Å². The van der Waals surface area contributed by atoms with Gasteiger partial charge in [-0.05, 0) is 36.4 Å². The summed E-state index contributed by atoms with van der Waals surface area (Å²) < 4.78 is 16.6. The summed E-state index contributed by atoms with van der Waals surface area (Å²) in [7, 11) is 0. The van der Waals surface area contributed by atoms with Gasteiger partial charge in [-0.3, -0.25) is 0 Å². The van der Waals surface area contributed by atoms with Crippen LogP contribution < -0.4 is 17.1 Å². The second kappa shape index (κ2) is 16.8. The van der Waals surface area contributed by atoms with Gasteiger partial charge in [-0.2, -0.15) is 0 Å². The summed E-state index contributed by atoms with van der Waals surface area (Å²) in [6.07, 6.45) is -4.80. The van der Waals surface area contributed by atoms with Crippen molar-refractivity contribution in [1.29, 1.82) is 0 Å². The van der Waals surface area contributed by atoms with E-state index >= 15 is 0 Å². The zero-order valence-electron chi connectivity index (χ0n) is 25.5. The maximum absolute atomic E-state index is 13.4. The first-order valence-electron chi connectivity index (χ1n) is 14.7. The zero-order valence-corrected chi connectivity index (χ0v) is 25.5. The summed E-state index contributed by atoms with van der Waals surface area (Å²) in [5.74, 6) is -2.32. The molecule has 0 aliphatic heterocycles. The number of nitrogens with zero attached hydrogens (tertiary/aromatic N) is 3. The minimum absolute atomic E-state index is 0.196. The summed E-state index contributed by atoms with van der Waals surface area (Å²) in [6, 6.07) is 23.6. The van der Waals surface area contributed by atoms with E-state index in [4.69, 9.17) is 14.2 Å². The van der Waals surface area contributed by atoms with Crippen LogP contribution in [-0.2, 0) is 33.8 Å². The Morgan fingerprint density at radius 1 is 0.458 bits per heavy atom. The number of rotatable bonds is 15. The summed E-state index contributed by atoms with van der Waals surface area (Å²) in [5.41, 5.74) is -3.14. The average molecular weight is 664 g/mol. The zero-order chi connectivity index (χ0) is 34.6. The van der Waals surface area contributed by atoms with Crippen molar-refractivity contribution in [3.05, 3.63) is 139 Å². The van der Waals surface area contributed by atoms with E-state index < -0.39 is 92.7 Å². The van der Waals surface area contributed by atoms with Gasteiger partial charge in [0.05, 0.1) is 36.3 Å². The van der Waals surface area contributed by atoms with Gasteiger partial charge in [0.1, 0.15) is 38.1 Å². The summed E-state index contributed by atoms with van der Waals surface area (Å²) in [5, 5.41) is 31.7. The van der Waals surface area contributed by atoms with Crippen LogP contribution in [0.1, 0.15) is 31.1 Å². The summed E-state index contributed by atoms with van der Waals surface area (Å²) in [6.45, 7) is -4.15. The second-order valence-corrected chi connectivity index (χ2v) is 10.5. The fourth-order valence-electron chi connectivity index (χ4n) is 4.43. The second-order valence-electron chi connectivity index (χ2n) is 10.5. The van der Waals surface area contributed by atoms with Gasteiger partial charge in [0.15, 0.2) is 0 Å². The van der Waals surface area contributed by atoms with E-state index in [0.29, 0.717) is 13.7 Å². The molecule has 0 bridgehead atoms. The minimum Gasteiger partial charge on any atom is -0.459 e. The fourth-order valence-corrected chi connectivity index (χ4v) is 4.43. The lowest BCUT2D eigenvalue weighted by atomic mass is 10.2. The van der Waals surface area contributed by atoms with Gasteiger partial charge in [-0.15, -0.1) is 0 Å². The third kappa shape index (κ3) is 9.45. The van der Waals surface area contributed by atoms with E-state index in [2.05, 4.69) is 0 Å². The molecular weight excluding hydrogens is 630 g/mol. The van der Waals surface area contributed by atoms with Crippen molar-refractivity contribution in [3.63, 3.8) is 0 Å². The maximum atomic E-state index is 13.4. The predicted molar refractivity (Wildman–Crippen MR) is 167 cm³/mol. The average Bonchev–Trinajstić information content (AvgIpc) is 3.11. The van der Waals surface area contributed by atoms with Crippen molar-refractivity contribution in [1.82, 2.24) is 13.7 Å². The maximum Gasteiger partial charge on any atom is 0.338 e. The van der Waals surface area contributed by atoms with E-state index in [9.17, 15) is 44.1 Å². The molecular formula is C33H33N3O12. The monoisotopic (exact) mass is 663 g/mol. The Labute approximate surface area is 272 Å². The molecule has 3 atom stereocenters. The van der Waals surface area contributed by atoms with Crippen LogP contribution in [0.15, 0.2) is 105 Å². The van der Waals surface area contributed by atoms with Crippen LogP contribution in [0.3, 0.4) is 0 Å². The highest BCUT2D eigenvalue weighted by atomic mass is 16.6. The number of benzene rings is 3. The summed E-state index contributed by atoms with van der Waals surface area (Å²) >= 11 is 0. The molecule has 4 rings (SSSR count). The Bertz CT molecular complexity index is 1620. The fraction of sp³-hybridized carbons (Fsp3) is 0.273. The van der Waals surface area contributed by atoms with Crippen molar-refractivity contribution < 1.29 is 43.9 Å². The molecule has 3 unspecified atom stereocenters. The van der Waals surface area contributed by atoms with Crippen molar-refractivity contribution in [3.8, 4) is 0 Å². The number of carbonyl (C=O) groups excluding carboxylic acids is 3. The smallest absolute Gasteiger partial charge is 0.338 e. The molecule has 4 aromatic rings. The molecule has 48 heavy (non-hydrogen) atoms. The molecule has 0 spiro atoms. The Morgan fingerprint density at radius 2 is 0.688 bits per heavy atom. The third-order valence-electron chi connectivity index (χ3n) is 6.81. The molecule has 0 amide bonds. The largest absolute Gasteiger partial charge is 0.459 e. The van der Waals surface area contributed by atoms with Crippen LogP contribution >= 0.6 is 0 Å². The molecule has 15 nitrogen and oxygen atoms in total. The van der Waals surface area contributed by atoms with Gasteiger partial charge in [0.25, 0.3) is 0 Å². The quantitative estimate of drug-likeness (QED) is 0.112. The van der Waals surface area contributed by atoms with E-state index in [0.717, 1.165) is 0 Å². The molecule has 0 aliphatic rings. The molecule has 0 aliphatic carbocycles. The topological polar surface area (TPSA) is 206 Å². The van der Waals surface area contributed by atoms with Gasteiger partial charge in [0.2, 0.25) is 0 Å². The molecule has 15 heteroatoms. The number of aliphatic hydroxyl groups excluding tert-OH is 3. The SMILES string of the molecule is O=C(OCC(O)Cn1c(=O)n(CC(O)COC(=O)c2ccccc2)c(=O)n(CC(O)COC(=O)c2ccccc2)c1=O)c1ccccc1. The number of aliphatic hydroxyl groups is 3. The lowest BCUT2D eigenvalue weighted by Crippen LogP contribution is -2.57. The van der Waals surface area contributed by atoms with Gasteiger partial charge in [-0.1, -0.05) is 54.6 Å². The number of esters is 3. The molecule has 0 saturated carbocycles. The van der Waals surface area contributed by atoms with Crippen molar-refractivity contribution in [2.75, 3.05) is 19.8 Å². The highest BCUT2D eigenvalue weighted by Crippen LogP contribution is 2.05. The molecule has 1 aromatic heterocycles. The molecule has 3 aromatic carbocycles. The lowest BCUT2D eigenvalue weighted by molar-refractivity contribution is 0.0168. The van der Waals surface area contributed by atoms with E-state index in [1.807, 2.05) is 0 Å². The van der Waals surface area contributed by atoms with Crippen LogP contribution in [-0.4, -0.2) is 85.1 Å². The van der Waals surface area contributed by atoms with Crippen LogP contribution in [0.4, 0.5) is 0 Å². The standard InChI is InChI=1S/C33H33N3O12/c37-25(19-46-28(40)22-10-4-1-5-11-22)16-34-31(43)35(17-26(38)20-47-29(41)23-12-6-2-7-13-23)33(45)36(32(34)44)18-27(39)21-48-30(42)24-14-8-3-9-15-24/h1-15,25-27,37-39H,16-21H2. The van der Waals surface area contributed by atoms with E-state index in [-0.39, 0.29) is 16.7 Å². The van der Waals surface area contributed by atoms with Crippen LogP contribution in [0.2, 0.25) is 0 Å². The van der Waals surface area contributed by atoms with E-state index in [1.54, 1.807) is 54.6 Å². The highest BCUT2D eigenvalue weighted by Gasteiger charge is 2.23. The van der Waals surface area contributed by atoms with Crippen molar-refractivity contribution in [2.45, 2.75) is 37.9 Å². The molecule has 252 valence electrons. The van der Waals surface area contributed by atoms with Crippen LogP contribution in [0, 0.1) is 0 Å². The Morgan fingerprint density at radius 3 is 0.917 bits per heavy atom. The van der Waals surface area contributed by atoms with Gasteiger partial charge in [-0.25, -0.2) is 42.5 Å². The molecule has 1 heterocycles. The first-order chi connectivity index (χ1) is 23.0. The predicted octanol–water partition coefficient (Wildman–Crippen LogP) is -0.175. The Balaban J connectivity index is 1.54. The first-order valence-corrected chi connectivity index (χ1v) is 14.7. The van der Waals surface area contributed by atoms with Gasteiger partial charge < -0.3 is 29.5 Å².